The van der Waals surface area contributed by atoms with Crippen molar-refractivity contribution in [2.45, 2.75) is 46.0 Å². The Kier molecular flexibility index (Phi) is 9.89. The van der Waals surface area contributed by atoms with Crippen molar-refractivity contribution in [1.29, 1.82) is 0 Å². The fourth-order valence-corrected chi connectivity index (χ4v) is 1.54. The quantitative estimate of drug-likeness (QED) is 0.425. The molecule has 0 aromatic carbocycles. The molecular weight excluding hydrogens is 194 g/mol. The van der Waals surface area contributed by atoms with Gasteiger partial charge in [-0.05, 0) is 31.6 Å². The monoisotopic (exact) mass is 221 g/mol. The molecule has 0 fully saturated rings. The van der Waals surface area contributed by atoms with Crippen molar-refractivity contribution < 1.29 is 0 Å². The van der Waals surface area contributed by atoms with Crippen molar-refractivity contribution in [2.24, 2.45) is 5.92 Å². The molecule has 0 amide bonds. The summed E-state index contributed by atoms with van der Waals surface area (Å²) in [5, 5.41) is 3.36. The van der Waals surface area contributed by atoms with Crippen molar-refractivity contribution in [3.63, 3.8) is 0 Å². The molecule has 0 aliphatic carbocycles. The zero-order chi connectivity index (χ0) is 12.2. The first-order valence-corrected chi connectivity index (χ1v) is 6.39. The van der Waals surface area contributed by atoms with Crippen LogP contribution in [0.4, 0.5) is 0 Å². The maximum Gasteiger partial charge on any atom is 0.0146 e. The highest BCUT2D eigenvalue weighted by Gasteiger charge is 1.99. The Morgan fingerprint density at radius 3 is 2.75 bits per heavy atom. The van der Waals surface area contributed by atoms with E-state index in [1.807, 2.05) is 6.08 Å². The van der Waals surface area contributed by atoms with Gasteiger partial charge in [0.1, 0.15) is 0 Å². The average molecular weight is 221 g/mol. The summed E-state index contributed by atoms with van der Waals surface area (Å²) in [5.41, 5.74) is 1.15. The van der Waals surface area contributed by atoms with Crippen LogP contribution in [0.1, 0.15) is 46.0 Å². The van der Waals surface area contributed by atoms with Gasteiger partial charge in [-0.1, -0.05) is 45.1 Å². The summed E-state index contributed by atoms with van der Waals surface area (Å²) < 4.78 is 0. The van der Waals surface area contributed by atoms with E-state index >= 15 is 0 Å². The first-order valence-electron chi connectivity index (χ1n) is 6.39. The number of allylic oxidation sites excluding steroid dienone is 4. The predicted octanol–water partition coefficient (Wildman–Crippen LogP) is 4.44. The van der Waals surface area contributed by atoms with Crippen molar-refractivity contribution >= 4 is 0 Å². The van der Waals surface area contributed by atoms with Gasteiger partial charge in [0.25, 0.3) is 0 Å². The lowest BCUT2D eigenvalue weighted by atomic mass is 10.0. The van der Waals surface area contributed by atoms with Gasteiger partial charge in [0.05, 0.1) is 0 Å². The van der Waals surface area contributed by atoms with Crippen molar-refractivity contribution in [2.75, 3.05) is 6.54 Å². The van der Waals surface area contributed by atoms with Gasteiger partial charge in [-0.15, -0.1) is 6.58 Å². The molecule has 0 aromatic rings. The molecule has 0 radical (unpaired) electrons. The van der Waals surface area contributed by atoms with Gasteiger partial charge in [0.2, 0.25) is 0 Å². The van der Waals surface area contributed by atoms with Gasteiger partial charge < -0.3 is 5.32 Å². The standard InChI is InChI=1S/C15H27N/c1-5-7-9-11-14(3)13-15(4)16-12-10-8-6-2/h6,9,11,14,16H,2,4-5,7-8,10,12-13H2,1,3H3/b11-9-. The maximum atomic E-state index is 4.05. The number of unbranched alkanes of at least 4 members (excludes halogenated alkanes) is 2. The van der Waals surface area contributed by atoms with Gasteiger partial charge in [-0.3, -0.25) is 0 Å². The van der Waals surface area contributed by atoms with Crippen LogP contribution in [-0.4, -0.2) is 6.54 Å². The third kappa shape index (κ3) is 9.57. The molecule has 0 spiro atoms. The zero-order valence-electron chi connectivity index (χ0n) is 11.0. The molecule has 1 heteroatoms. The molecule has 0 bridgehead atoms. The highest BCUT2D eigenvalue weighted by atomic mass is 14.9. The van der Waals surface area contributed by atoms with Gasteiger partial charge in [0, 0.05) is 12.2 Å². The predicted molar refractivity (Wildman–Crippen MR) is 74.4 cm³/mol. The topological polar surface area (TPSA) is 12.0 Å². The maximum absolute atomic E-state index is 4.05. The third-order valence-electron chi connectivity index (χ3n) is 2.45. The largest absolute Gasteiger partial charge is 0.389 e. The van der Waals surface area contributed by atoms with Crippen molar-refractivity contribution in [3.8, 4) is 0 Å². The summed E-state index contributed by atoms with van der Waals surface area (Å²) in [7, 11) is 0. The molecule has 0 saturated heterocycles. The molecule has 0 aromatic heterocycles. The minimum absolute atomic E-state index is 0.589. The lowest BCUT2D eigenvalue weighted by Crippen LogP contribution is -2.15. The van der Waals surface area contributed by atoms with Crippen molar-refractivity contribution in [3.05, 3.63) is 37.1 Å². The summed E-state index contributed by atoms with van der Waals surface area (Å²) >= 11 is 0. The Hall–Kier alpha value is -0.980. The fraction of sp³-hybridized carbons (Fsp3) is 0.600. The Bertz CT molecular complexity index is 215. The van der Waals surface area contributed by atoms with Gasteiger partial charge in [-0.25, -0.2) is 0 Å². The van der Waals surface area contributed by atoms with Crippen LogP contribution in [0.15, 0.2) is 37.1 Å². The summed E-state index contributed by atoms with van der Waals surface area (Å²) in [6.45, 7) is 13.2. The average Bonchev–Trinajstić information content (AvgIpc) is 2.25. The van der Waals surface area contributed by atoms with Gasteiger partial charge >= 0.3 is 0 Å². The molecule has 1 nitrogen and oxygen atoms in total. The number of hydrogen-bond donors (Lipinski definition) is 1. The molecule has 0 aliphatic rings. The Morgan fingerprint density at radius 2 is 2.12 bits per heavy atom. The second kappa shape index (κ2) is 10.5. The first-order chi connectivity index (χ1) is 7.70. The summed E-state index contributed by atoms with van der Waals surface area (Å²) in [6.07, 6.45) is 12.2. The van der Waals surface area contributed by atoms with Crippen LogP contribution in [-0.2, 0) is 0 Å². The SMILES string of the molecule is C=CCCCNC(=C)CC(C)/C=C\CCC. The molecule has 16 heavy (non-hydrogen) atoms. The fourth-order valence-electron chi connectivity index (χ4n) is 1.54. The van der Waals surface area contributed by atoms with E-state index in [0.29, 0.717) is 5.92 Å². The smallest absolute Gasteiger partial charge is 0.0146 e. The summed E-state index contributed by atoms with van der Waals surface area (Å²) in [5.74, 6) is 0.589. The molecule has 0 rings (SSSR count). The highest BCUT2D eigenvalue weighted by Crippen LogP contribution is 2.09. The highest BCUT2D eigenvalue weighted by molar-refractivity contribution is 4.98. The van der Waals surface area contributed by atoms with E-state index in [0.717, 1.165) is 31.5 Å². The van der Waals surface area contributed by atoms with Gasteiger partial charge in [0.15, 0.2) is 0 Å². The van der Waals surface area contributed by atoms with Crippen LogP contribution < -0.4 is 5.32 Å². The zero-order valence-corrected chi connectivity index (χ0v) is 11.0. The minimum atomic E-state index is 0.589. The Morgan fingerprint density at radius 1 is 1.38 bits per heavy atom. The van der Waals surface area contributed by atoms with E-state index in [1.54, 1.807) is 0 Å². The van der Waals surface area contributed by atoms with E-state index < -0.39 is 0 Å². The van der Waals surface area contributed by atoms with Crippen LogP contribution in [0.2, 0.25) is 0 Å². The molecular formula is C15H27N. The van der Waals surface area contributed by atoms with Gasteiger partial charge in [-0.2, -0.15) is 0 Å². The third-order valence-corrected chi connectivity index (χ3v) is 2.45. The van der Waals surface area contributed by atoms with Crippen LogP contribution in [0.25, 0.3) is 0 Å². The lowest BCUT2D eigenvalue weighted by molar-refractivity contribution is 0.639. The van der Waals surface area contributed by atoms with Crippen LogP contribution >= 0.6 is 0 Å². The van der Waals surface area contributed by atoms with E-state index in [-0.39, 0.29) is 0 Å². The van der Waals surface area contributed by atoms with Crippen LogP contribution in [0.3, 0.4) is 0 Å². The summed E-state index contributed by atoms with van der Waals surface area (Å²) in [6, 6.07) is 0. The molecule has 1 unspecified atom stereocenters. The second-order valence-electron chi connectivity index (χ2n) is 4.36. The van der Waals surface area contributed by atoms with E-state index in [1.165, 1.54) is 12.8 Å². The van der Waals surface area contributed by atoms with E-state index in [2.05, 4.69) is 44.5 Å². The number of hydrogen-bond acceptors (Lipinski definition) is 1. The van der Waals surface area contributed by atoms with E-state index in [9.17, 15) is 0 Å². The lowest BCUT2D eigenvalue weighted by Gasteiger charge is -2.11. The minimum Gasteiger partial charge on any atom is -0.389 e. The molecule has 0 saturated carbocycles. The summed E-state index contributed by atoms with van der Waals surface area (Å²) in [4.78, 5) is 0. The molecule has 92 valence electrons. The van der Waals surface area contributed by atoms with Crippen molar-refractivity contribution in [1.82, 2.24) is 5.32 Å². The number of rotatable bonds is 10. The van der Waals surface area contributed by atoms with Crippen LogP contribution in [0, 0.1) is 5.92 Å². The Balaban J connectivity index is 3.57. The van der Waals surface area contributed by atoms with E-state index in [4.69, 9.17) is 0 Å². The molecule has 0 aliphatic heterocycles. The first kappa shape index (κ1) is 15.0. The molecule has 0 heterocycles. The van der Waals surface area contributed by atoms with Crippen LogP contribution in [0.5, 0.6) is 0 Å². The Labute approximate surface area is 101 Å². The second-order valence-corrected chi connectivity index (χ2v) is 4.36. The molecule has 1 atom stereocenters. The molecule has 1 N–H and O–H groups in total. The normalized spacial score (nSPS) is 12.6. The number of nitrogens with one attached hydrogen (secondary N) is 1.